The van der Waals surface area contributed by atoms with Crippen molar-refractivity contribution in [3.05, 3.63) is 45.0 Å². The second kappa shape index (κ2) is 7.47. The minimum atomic E-state index is -0.881. The molecule has 1 aliphatic heterocycles. The molecular formula is C16H15ClIN5O2S. The maximum absolute atomic E-state index is 10.2. The molecule has 0 spiro atoms. The van der Waals surface area contributed by atoms with E-state index in [0.29, 0.717) is 29.3 Å². The van der Waals surface area contributed by atoms with Gasteiger partial charge < -0.3 is 15.5 Å². The third kappa shape index (κ3) is 3.50. The van der Waals surface area contributed by atoms with Gasteiger partial charge in [0.25, 0.3) is 0 Å². The third-order valence-electron chi connectivity index (χ3n) is 4.14. The van der Waals surface area contributed by atoms with Gasteiger partial charge in [0.15, 0.2) is 17.0 Å². The van der Waals surface area contributed by atoms with E-state index in [9.17, 15) is 10.2 Å². The smallest absolute Gasteiger partial charge is 0.226 e. The quantitative estimate of drug-likeness (QED) is 0.372. The number of benzene rings is 1. The summed E-state index contributed by atoms with van der Waals surface area (Å²) in [6.45, 7) is 0.575. The highest BCUT2D eigenvalue weighted by molar-refractivity contribution is 14.1. The zero-order valence-electron chi connectivity index (χ0n) is 13.4. The molecule has 136 valence electrons. The van der Waals surface area contributed by atoms with Gasteiger partial charge in [-0.25, -0.2) is 4.98 Å². The zero-order chi connectivity index (χ0) is 18.3. The van der Waals surface area contributed by atoms with Gasteiger partial charge in [-0.2, -0.15) is 9.97 Å². The number of hydrogen-bond donors (Lipinski definition) is 3. The monoisotopic (exact) mass is 503 g/mol. The van der Waals surface area contributed by atoms with Crippen molar-refractivity contribution in [3.63, 3.8) is 0 Å². The number of thioether (sulfide) groups is 1. The fourth-order valence-corrected chi connectivity index (χ4v) is 4.92. The van der Waals surface area contributed by atoms with E-state index in [1.807, 2.05) is 18.2 Å². The molecule has 1 fully saturated rings. The van der Waals surface area contributed by atoms with E-state index in [-0.39, 0.29) is 10.7 Å². The van der Waals surface area contributed by atoms with Crippen molar-refractivity contribution in [1.82, 2.24) is 19.5 Å². The number of aliphatic hydroxyl groups excluding tert-OH is 2. The number of hydrogen-bond acceptors (Lipinski definition) is 7. The minimum Gasteiger partial charge on any atom is -0.389 e. The van der Waals surface area contributed by atoms with Crippen molar-refractivity contribution in [3.8, 4) is 0 Å². The summed E-state index contributed by atoms with van der Waals surface area (Å²) in [6.07, 6.45) is -0.0440. The second-order valence-electron chi connectivity index (χ2n) is 5.93. The van der Waals surface area contributed by atoms with Crippen LogP contribution in [0.25, 0.3) is 11.2 Å². The minimum absolute atomic E-state index is 0.0995. The Kier molecular flexibility index (Phi) is 5.24. The number of aliphatic hydroxyl groups is 2. The first-order valence-corrected chi connectivity index (χ1v) is 10.4. The molecule has 0 bridgehead atoms. The first kappa shape index (κ1) is 18.2. The molecule has 10 heteroatoms. The summed E-state index contributed by atoms with van der Waals surface area (Å²) in [6, 6.07) is 8.14. The fraction of sp³-hybridized carbons (Fsp3) is 0.312. The number of fused-ring (bicyclic) bond motifs is 1. The molecule has 0 radical (unpaired) electrons. The Morgan fingerprint density at radius 2 is 2.19 bits per heavy atom. The normalized spacial score (nSPS) is 22.8. The van der Waals surface area contributed by atoms with Crippen molar-refractivity contribution in [2.24, 2.45) is 0 Å². The van der Waals surface area contributed by atoms with E-state index in [0.717, 1.165) is 9.13 Å². The molecule has 0 amide bonds. The Labute approximate surface area is 172 Å². The van der Waals surface area contributed by atoms with Gasteiger partial charge in [-0.1, -0.05) is 12.1 Å². The lowest BCUT2D eigenvalue weighted by Gasteiger charge is -2.17. The lowest BCUT2D eigenvalue weighted by molar-refractivity contribution is 0.0313. The van der Waals surface area contributed by atoms with Gasteiger partial charge >= 0.3 is 0 Å². The number of rotatable bonds is 4. The number of aromatic nitrogens is 4. The van der Waals surface area contributed by atoms with Crippen LogP contribution in [-0.2, 0) is 6.54 Å². The van der Waals surface area contributed by atoms with Crippen molar-refractivity contribution in [2.75, 3.05) is 11.1 Å². The molecule has 3 heterocycles. The van der Waals surface area contributed by atoms with E-state index in [4.69, 9.17) is 11.6 Å². The molecule has 0 saturated carbocycles. The van der Waals surface area contributed by atoms with Crippen molar-refractivity contribution in [1.29, 1.82) is 0 Å². The highest BCUT2D eigenvalue weighted by atomic mass is 127. The van der Waals surface area contributed by atoms with E-state index < -0.39 is 12.2 Å². The van der Waals surface area contributed by atoms with Crippen molar-refractivity contribution in [2.45, 2.75) is 24.1 Å². The molecule has 1 unspecified atom stereocenters. The van der Waals surface area contributed by atoms with Crippen LogP contribution in [0.3, 0.4) is 0 Å². The Balaban J connectivity index is 1.66. The van der Waals surface area contributed by atoms with E-state index in [1.54, 1.807) is 10.9 Å². The number of nitrogens with zero attached hydrogens (tertiary/aromatic N) is 4. The largest absolute Gasteiger partial charge is 0.389 e. The van der Waals surface area contributed by atoms with Crippen molar-refractivity contribution < 1.29 is 10.2 Å². The van der Waals surface area contributed by atoms with Crippen LogP contribution in [-0.4, -0.2) is 47.7 Å². The molecule has 1 saturated heterocycles. The van der Waals surface area contributed by atoms with Gasteiger partial charge in [-0.3, -0.25) is 4.57 Å². The summed E-state index contributed by atoms with van der Waals surface area (Å²) in [5.74, 6) is 0.998. The molecule has 4 rings (SSSR count). The average Bonchev–Trinajstić information content (AvgIpc) is 3.17. The van der Waals surface area contributed by atoms with E-state index in [1.165, 1.54) is 11.8 Å². The summed E-state index contributed by atoms with van der Waals surface area (Å²) in [5.41, 5.74) is 2.22. The Bertz CT molecular complexity index is 956. The molecular weight excluding hydrogens is 489 g/mol. The van der Waals surface area contributed by atoms with Crippen molar-refractivity contribution >= 4 is 62.9 Å². The van der Waals surface area contributed by atoms with Gasteiger partial charge in [-0.15, -0.1) is 11.8 Å². The molecule has 0 aliphatic carbocycles. The van der Waals surface area contributed by atoms with E-state index >= 15 is 0 Å². The van der Waals surface area contributed by atoms with Gasteiger partial charge in [0.2, 0.25) is 5.28 Å². The summed E-state index contributed by atoms with van der Waals surface area (Å²) in [5, 5.41) is 23.0. The number of halogens is 2. The van der Waals surface area contributed by atoms with Gasteiger partial charge in [-0.05, 0) is 51.9 Å². The van der Waals surface area contributed by atoms with Crippen LogP contribution < -0.4 is 5.32 Å². The Morgan fingerprint density at radius 3 is 2.92 bits per heavy atom. The van der Waals surface area contributed by atoms with Crippen LogP contribution in [0.4, 0.5) is 5.82 Å². The van der Waals surface area contributed by atoms with Gasteiger partial charge in [0, 0.05) is 15.9 Å². The van der Waals surface area contributed by atoms with Crippen LogP contribution >= 0.6 is 46.0 Å². The molecule has 7 nitrogen and oxygen atoms in total. The highest BCUT2D eigenvalue weighted by Crippen LogP contribution is 2.38. The molecule has 26 heavy (non-hydrogen) atoms. The van der Waals surface area contributed by atoms with Crippen LogP contribution in [0.1, 0.15) is 10.9 Å². The lowest BCUT2D eigenvalue weighted by atomic mass is 10.2. The molecule has 1 aromatic carbocycles. The zero-order valence-corrected chi connectivity index (χ0v) is 17.1. The molecule has 3 aromatic rings. The average molecular weight is 504 g/mol. The summed E-state index contributed by atoms with van der Waals surface area (Å²) in [4.78, 5) is 12.9. The Morgan fingerprint density at radius 1 is 1.35 bits per heavy atom. The van der Waals surface area contributed by atoms with Crippen LogP contribution in [0.15, 0.2) is 30.6 Å². The summed E-state index contributed by atoms with van der Waals surface area (Å²) in [7, 11) is 0. The summed E-state index contributed by atoms with van der Waals surface area (Å²) >= 11 is 9.83. The highest BCUT2D eigenvalue weighted by Gasteiger charge is 2.36. The molecule has 1 aliphatic rings. The Hall–Kier alpha value is -1.14. The van der Waals surface area contributed by atoms with E-state index in [2.05, 4.69) is 48.9 Å². The predicted octanol–water partition coefficient (Wildman–Crippen LogP) is 2.66. The molecule has 3 atom stereocenters. The van der Waals surface area contributed by atoms with Gasteiger partial charge in [0.1, 0.15) is 11.5 Å². The maximum atomic E-state index is 10.2. The summed E-state index contributed by atoms with van der Waals surface area (Å²) < 4.78 is 2.90. The number of anilines is 1. The third-order valence-corrected chi connectivity index (χ3v) is 6.36. The standard InChI is InChI=1S/C16H15ClIN5O2S/c17-16-21-13(19-5-8-2-1-3-9(18)4-8)11-14(22-16)23(7-20-11)15-12(25)10(24)6-26-15/h1-4,7,10,12,15,24-25H,5-6H2,(H,19,21,22)/t10-,12?,15+/m0/s1. The lowest BCUT2D eigenvalue weighted by Crippen LogP contribution is -2.27. The van der Waals surface area contributed by atoms with Crippen LogP contribution in [0.5, 0.6) is 0 Å². The first-order valence-electron chi connectivity index (χ1n) is 7.89. The molecule has 3 N–H and O–H groups in total. The fourth-order valence-electron chi connectivity index (χ4n) is 2.86. The molecule has 2 aromatic heterocycles. The topological polar surface area (TPSA) is 96.1 Å². The second-order valence-corrected chi connectivity index (χ2v) is 8.66. The number of imidazole rings is 1. The predicted molar refractivity (Wildman–Crippen MR) is 110 cm³/mol. The number of nitrogens with one attached hydrogen (secondary N) is 1. The van der Waals surface area contributed by atoms with Crippen LogP contribution in [0.2, 0.25) is 5.28 Å². The first-order chi connectivity index (χ1) is 12.5. The van der Waals surface area contributed by atoms with Gasteiger partial charge in [0.05, 0.1) is 12.4 Å². The van der Waals surface area contributed by atoms with Crippen LogP contribution in [0, 0.1) is 3.57 Å². The maximum Gasteiger partial charge on any atom is 0.226 e. The SMILES string of the molecule is OC1[C@H](n2cnc3c(NCc4cccc(I)c4)nc(Cl)nc32)SC[C@@H]1O.